The van der Waals surface area contributed by atoms with E-state index in [1.807, 2.05) is 14.0 Å². The van der Waals surface area contributed by atoms with E-state index in [-0.39, 0.29) is 23.5 Å². The average molecular weight is 268 g/mol. The molecule has 1 saturated heterocycles. The number of likely N-dealkylation sites (N-methyl/N-ethyl adjacent to an activating group) is 1. The smallest absolute Gasteiger partial charge is 0.328 e. The lowest BCUT2D eigenvalue weighted by Crippen LogP contribution is -2.45. The minimum absolute atomic E-state index is 0.0285. The van der Waals surface area contributed by atoms with Crippen LogP contribution >= 0.6 is 7.82 Å². The van der Waals surface area contributed by atoms with E-state index in [9.17, 15) is 4.79 Å². The van der Waals surface area contributed by atoms with Gasteiger partial charge in [0.1, 0.15) is 0 Å². The Labute approximate surface area is 101 Å². The van der Waals surface area contributed by atoms with Gasteiger partial charge in [-0.3, -0.25) is 10.1 Å². The lowest BCUT2D eigenvalue weighted by Gasteiger charge is -2.32. The van der Waals surface area contributed by atoms with Gasteiger partial charge in [0, 0.05) is 7.05 Å². The van der Waals surface area contributed by atoms with Gasteiger partial charge in [-0.1, -0.05) is 20.8 Å². The molecule has 1 heterocycles. The van der Waals surface area contributed by atoms with Crippen molar-refractivity contribution in [2.24, 2.45) is 5.41 Å². The Bertz CT molecular complexity index is 314. The fourth-order valence-corrected chi connectivity index (χ4v) is 1.68. The SMILES string of the molecule is C[C@@H]1N[C@@H](C(C)(C)C)N(C)C1=O.O=P(O)(O)O. The van der Waals surface area contributed by atoms with Crippen molar-refractivity contribution in [3.05, 3.63) is 0 Å². The second-order valence-corrected chi connectivity index (χ2v) is 6.15. The first kappa shape index (κ1) is 16.5. The zero-order valence-corrected chi connectivity index (χ0v) is 11.6. The van der Waals surface area contributed by atoms with Crippen LogP contribution in [0.3, 0.4) is 0 Å². The molecule has 0 unspecified atom stereocenters. The van der Waals surface area contributed by atoms with Crippen LogP contribution in [-0.2, 0) is 9.36 Å². The zero-order chi connectivity index (χ0) is 14.0. The predicted octanol–water partition coefficient (Wildman–Crippen LogP) is -0.120. The van der Waals surface area contributed by atoms with Gasteiger partial charge < -0.3 is 19.6 Å². The van der Waals surface area contributed by atoms with Crippen molar-refractivity contribution in [2.75, 3.05) is 7.05 Å². The van der Waals surface area contributed by atoms with Crippen LogP contribution < -0.4 is 5.32 Å². The van der Waals surface area contributed by atoms with Gasteiger partial charge in [0.25, 0.3) is 0 Å². The van der Waals surface area contributed by atoms with Crippen molar-refractivity contribution < 1.29 is 24.0 Å². The summed E-state index contributed by atoms with van der Waals surface area (Å²) in [6.45, 7) is 8.30. The summed E-state index contributed by atoms with van der Waals surface area (Å²) < 4.78 is 8.88. The van der Waals surface area contributed by atoms with E-state index >= 15 is 0 Å². The van der Waals surface area contributed by atoms with Gasteiger partial charge in [-0.25, -0.2) is 4.57 Å². The van der Waals surface area contributed by atoms with E-state index in [0.717, 1.165) is 0 Å². The van der Waals surface area contributed by atoms with Crippen LogP contribution in [0.15, 0.2) is 0 Å². The highest BCUT2D eigenvalue weighted by atomic mass is 31.2. The molecule has 0 aromatic rings. The molecule has 2 atom stereocenters. The molecule has 17 heavy (non-hydrogen) atoms. The molecule has 8 heteroatoms. The number of carbonyl (C=O) groups is 1. The third kappa shape index (κ3) is 6.14. The van der Waals surface area contributed by atoms with Crippen LogP contribution in [-0.4, -0.2) is 44.7 Å². The van der Waals surface area contributed by atoms with Crippen molar-refractivity contribution in [3.63, 3.8) is 0 Å². The summed E-state index contributed by atoms with van der Waals surface area (Å²) in [5.74, 6) is 0.190. The summed E-state index contributed by atoms with van der Waals surface area (Å²) in [7, 11) is -2.78. The first-order chi connectivity index (χ1) is 7.34. The minimum atomic E-state index is -4.64. The minimum Gasteiger partial charge on any atom is -0.328 e. The highest BCUT2D eigenvalue weighted by molar-refractivity contribution is 7.45. The second-order valence-electron chi connectivity index (χ2n) is 5.12. The zero-order valence-electron chi connectivity index (χ0n) is 10.7. The van der Waals surface area contributed by atoms with Crippen molar-refractivity contribution in [1.82, 2.24) is 10.2 Å². The van der Waals surface area contributed by atoms with Gasteiger partial charge in [0.2, 0.25) is 5.91 Å². The Morgan fingerprint density at radius 2 is 1.65 bits per heavy atom. The summed E-state index contributed by atoms with van der Waals surface area (Å²) >= 11 is 0. The van der Waals surface area contributed by atoms with Crippen molar-refractivity contribution >= 4 is 13.7 Å². The van der Waals surface area contributed by atoms with Gasteiger partial charge in [-0.15, -0.1) is 0 Å². The lowest BCUT2D eigenvalue weighted by molar-refractivity contribution is -0.129. The van der Waals surface area contributed by atoms with Gasteiger partial charge in [-0.2, -0.15) is 0 Å². The number of nitrogens with one attached hydrogen (secondary N) is 1. The van der Waals surface area contributed by atoms with Crippen molar-refractivity contribution in [3.8, 4) is 0 Å². The standard InChI is InChI=1S/C9H18N2O.H3O4P/c1-6-7(12)11(5)8(10-6)9(2,3)4;1-5(2,3)4/h6,8,10H,1-5H3;(H3,1,2,3,4)/t6-,8+;/m0./s1. The summed E-state index contributed by atoms with van der Waals surface area (Å²) in [6, 6.07) is -0.0285. The molecule has 1 amide bonds. The maximum absolute atomic E-state index is 11.4. The number of hydrogen-bond acceptors (Lipinski definition) is 3. The molecule has 102 valence electrons. The number of rotatable bonds is 0. The summed E-state index contributed by atoms with van der Waals surface area (Å²) in [5, 5.41) is 3.27. The van der Waals surface area contributed by atoms with Crippen molar-refractivity contribution in [1.29, 1.82) is 0 Å². The molecule has 1 aliphatic rings. The number of nitrogens with zero attached hydrogens (tertiary/aromatic N) is 1. The Hall–Kier alpha value is -0.460. The molecule has 1 aliphatic heterocycles. The van der Waals surface area contributed by atoms with Crippen molar-refractivity contribution in [2.45, 2.75) is 39.9 Å². The molecule has 1 fully saturated rings. The van der Waals surface area contributed by atoms with Gasteiger partial charge in [-0.05, 0) is 12.3 Å². The highest BCUT2D eigenvalue weighted by Gasteiger charge is 2.39. The van der Waals surface area contributed by atoms with E-state index in [1.165, 1.54) is 0 Å². The van der Waals surface area contributed by atoms with Crippen LogP contribution in [0.5, 0.6) is 0 Å². The van der Waals surface area contributed by atoms with Gasteiger partial charge in [0.05, 0.1) is 12.2 Å². The summed E-state index contributed by atoms with van der Waals surface area (Å²) in [4.78, 5) is 34.8. The monoisotopic (exact) mass is 268 g/mol. The number of carbonyl (C=O) groups excluding carboxylic acids is 1. The summed E-state index contributed by atoms with van der Waals surface area (Å²) in [6.07, 6.45) is 0.167. The van der Waals surface area contributed by atoms with E-state index in [4.69, 9.17) is 19.2 Å². The molecular weight excluding hydrogens is 247 g/mol. The Balaban J connectivity index is 0.000000437. The van der Waals surface area contributed by atoms with E-state index in [2.05, 4.69) is 26.1 Å². The first-order valence-corrected chi connectivity index (χ1v) is 6.71. The summed E-state index contributed by atoms with van der Waals surface area (Å²) in [5.41, 5.74) is 0.106. The molecule has 4 N–H and O–H groups in total. The Kier molecular flexibility index (Phi) is 5.31. The van der Waals surface area contributed by atoms with Crippen LogP contribution in [0.2, 0.25) is 0 Å². The fourth-order valence-electron chi connectivity index (χ4n) is 1.68. The van der Waals surface area contributed by atoms with Gasteiger partial charge in [0.15, 0.2) is 0 Å². The number of amides is 1. The quantitative estimate of drug-likeness (QED) is 0.456. The first-order valence-electron chi connectivity index (χ1n) is 5.15. The lowest BCUT2D eigenvalue weighted by atomic mass is 9.92. The Morgan fingerprint density at radius 1 is 1.29 bits per heavy atom. The molecule has 1 rings (SSSR count). The Morgan fingerprint density at radius 3 is 1.76 bits per heavy atom. The van der Waals surface area contributed by atoms with Crippen LogP contribution in [0.1, 0.15) is 27.7 Å². The maximum Gasteiger partial charge on any atom is 0.466 e. The normalized spacial score (nSPS) is 25.6. The maximum atomic E-state index is 11.4. The molecule has 0 radical (unpaired) electrons. The molecule has 0 aromatic heterocycles. The fraction of sp³-hybridized carbons (Fsp3) is 0.889. The van der Waals surface area contributed by atoms with Crippen LogP contribution in [0, 0.1) is 5.41 Å². The van der Waals surface area contributed by atoms with E-state index < -0.39 is 7.82 Å². The molecule has 0 aromatic carbocycles. The average Bonchev–Trinajstić information content (AvgIpc) is 2.28. The largest absolute Gasteiger partial charge is 0.466 e. The second kappa shape index (κ2) is 5.46. The highest BCUT2D eigenvalue weighted by Crippen LogP contribution is 2.26. The molecule has 0 saturated carbocycles. The predicted molar refractivity (Wildman–Crippen MR) is 62.9 cm³/mol. The third-order valence-electron chi connectivity index (χ3n) is 2.33. The van der Waals surface area contributed by atoms with Crippen LogP contribution in [0.25, 0.3) is 0 Å². The molecule has 0 bridgehead atoms. The van der Waals surface area contributed by atoms with Gasteiger partial charge >= 0.3 is 7.82 Å². The topological polar surface area (TPSA) is 110 Å². The molecule has 0 aliphatic carbocycles. The molecule has 0 spiro atoms. The third-order valence-corrected chi connectivity index (χ3v) is 2.33. The van der Waals surface area contributed by atoms with Crippen LogP contribution in [0.4, 0.5) is 0 Å². The molecular formula is C9H21N2O5P. The number of phosphoric acid groups is 1. The molecule has 7 nitrogen and oxygen atoms in total. The number of hydrogen-bond donors (Lipinski definition) is 4. The van der Waals surface area contributed by atoms with E-state index in [0.29, 0.717) is 0 Å². The van der Waals surface area contributed by atoms with E-state index in [1.54, 1.807) is 4.90 Å².